The molecule has 0 unspecified atom stereocenters. The van der Waals surface area contributed by atoms with Gasteiger partial charge in [-0.1, -0.05) is 6.07 Å². The lowest BCUT2D eigenvalue weighted by molar-refractivity contribution is 0.193. The molecular formula is C15H18N6O. The molecule has 0 bridgehead atoms. The maximum absolute atomic E-state index is 12.2. The van der Waals surface area contributed by atoms with Crippen molar-refractivity contribution >= 4 is 12.0 Å². The zero-order valence-corrected chi connectivity index (χ0v) is 12.2. The molecule has 1 N–H and O–H groups in total. The van der Waals surface area contributed by atoms with Gasteiger partial charge in [0.05, 0.1) is 12.2 Å². The summed E-state index contributed by atoms with van der Waals surface area (Å²) in [5.74, 6) is 0.719. The van der Waals surface area contributed by atoms with Gasteiger partial charge in [0, 0.05) is 44.8 Å². The third-order valence-electron chi connectivity index (χ3n) is 3.55. The summed E-state index contributed by atoms with van der Waals surface area (Å²) in [5, 5.41) is 2.90. The summed E-state index contributed by atoms with van der Waals surface area (Å²) in [7, 11) is 0. The number of nitrogens with zero attached hydrogens (tertiary/aromatic N) is 5. The van der Waals surface area contributed by atoms with Crippen molar-refractivity contribution in [2.45, 2.75) is 6.54 Å². The van der Waals surface area contributed by atoms with Gasteiger partial charge in [-0.15, -0.1) is 0 Å². The Kier molecular flexibility index (Phi) is 4.43. The standard InChI is InChI=1S/C15H18N6O/c22-15(19-12-13-4-1-2-5-16-13)21-10-8-20(9-11-21)14-17-6-3-7-18-14/h1-7H,8-12H2,(H,19,22). The molecule has 1 fully saturated rings. The van der Waals surface area contributed by atoms with Crippen LogP contribution < -0.4 is 10.2 Å². The summed E-state index contributed by atoms with van der Waals surface area (Å²) in [6.45, 7) is 3.24. The van der Waals surface area contributed by atoms with E-state index in [1.807, 2.05) is 23.1 Å². The molecule has 3 heterocycles. The number of hydrogen-bond donors (Lipinski definition) is 1. The van der Waals surface area contributed by atoms with Crippen LogP contribution >= 0.6 is 0 Å². The SMILES string of the molecule is O=C(NCc1ccccn1)N1CCN(c2ncccn2)CC1. The first kappa shape index (κ1) is 14.2. The Morgan fingerprint density at radius 2 is 1.73 bits per heavy atom. The minimum Gasteiger partial charge on any atom is -0.337 e. The third-order valence-corrected chi connectivity index (χ3v) is 3.55. The molecule has 2 aromatic heterocycles. The smallest absolute Gasteiger partial charge is 0.317 e. The van der Waals surface area contributed by atoms with Crippen LogP contribution in [0.3, 0.4) is 0 Å². The van der Waals surface area contributed by atoms with E-state index in [2.05, 4.69) is 25.2 Å². The average Bonchev–Trinajstić information content (AvgIpc) is 2.61. The number of rotatable bonds is 3. The highest BCUT2D eigenvalue weighted by molar-refractivity contribution is 5.74. The Labute approximate surface area is 129 Å². The molecule has 0 spiro atoms. The summed E-state index contributed by atoms with van der Waals surface area (Å²) >= 11 is 0. The van der Waals surface area contributed by atoms with E-state index in [1.165, 1.54) is 0 Å². The van der Waals surface area contributed by atoms with Crippen molar-refractivity contribution in [3.8, 4) is 0 Å². The Morgan fingerprint density at radius 1 is 1.00 bits per heavy atom. The highest BCUT2D eigenvalue weighted by Crippen LogP contribution is 2.09. The lowest BCUT2D eigenvalue weighted by Crippen LogP contribution is -2.52. The van der Waals surface area contributed by atoms with Crippen molar-refractivity contribution < 1.29 is 4.79 Å². The molecule has 0 atom stereocenters. The number of piperazine rings is 1. The van der Waals surface area contributed by atoms with Gasteiger partial charge in [0.1, 0.15) is 0 Å². The molecule has 7 nitrogen and oxygen atoms in total. The molecule has 0 radical (unpaired) electrons. The zero-order valence-electron chi connectivity index (χ0n) is 12.2. The fourth-order valence-electron chi connectivity index (χ4n) is 2.34. The van der Waals surface area contributed by atoms with Crippen LogP contribution in [0.15, 0.2) is 42.9 Å². The van der Waals surface area contributed by atoms with Crippen molar-refractivity contribution in [2.24, 2.45) is 0 Å². The van der Waals surface area contributed by atoms with Crippen molar-refractivity contribution in [1.82, 2.24) is 25.2 Å². The Bertz CT molecular complexity index is 598. The number of nitrogens with one attached hydrogen (secondary N) is 1. The lowest BCUT2D eigenvalue weighted by Gasteiger charge is -2.34. The van der Waals surface area contributed by atoms with Crippen molar-refractivity contribution in [2.75, 3.05) is 31.1 Å². The molecule has 1 aliphatic rings. The van der Waals surface area contributed by atoms with Crippen LogP contribution in [0.4, 0.5) is 10.7 Å². The number of pyridine rings is 1. The van der Waals surface area contributed by atoms with Crippen molar-refractivity contribution in [3.63, 3.8) is 0 Å². The van der Waals surface area contributed by atoms with Crippen LogP contribution in [0, 0.1) is 0 Å². The number of hydrogen-bond acceptors (Lipinski definition) is 5. The van der Waals surface area contributed by atoms with Crippen LogP contribution in [0.5, 0.6) is 0 Å². The lowest BCUT2D eigenvalue weighted by atomic mass is 10.3. The summed E-state index contributed by atoms with van der Waals surface area (Å²) in [6.07, 6.45) is 5.18. The summed E-state index contributed by atoms with van der Waals surface area (Å²) < 4.78 is 0. The van der Waals surface area contributed by atoms with Crippen LogP contribution in [0.1, 0.15) is 5.69 Å². The summed E-state index contributed by atoms with van der Waals surface area (Å²) in [4.78, 5) is 28.7. The van der Waals surface area contributed by atoms with Gasteiger partial charge >= 0.3 is 6.03 Å². The molecule has 7 heteroatoms. The molecular weight excluding hydrogens is 280 g/mol. The average molecular weight is 298 g/mol. The Balaban J connectivity index is 1.48. The molecule has 0 aromatic carbocycles. The first-order chi connectivity index (χ1) is 10.8. The Hall–Kier alpha value is -2.70. The van der Waals surface area contributed by atoms with Crippen molar-refractivity contribution in [3.05, 3.63) is 48.5 Å². The highest BCUT2D eigenvalue weighted by Gasteiger charge is 2.22. The second-order valence-corrected chi connectivity index (χ2v) is 5.00. The molecule has 114 valence electrons. The maximum Gasteiger partial charge on any atom is 0.317 e. The van der Waals surface area contributed by atoms with E-state index in [0.717, 1.165) is 24.7 Å². The minimum atomic E-state index is -0.0562. The second-order valence-electron chi connectivity index (χ2n) is 5.00. The van der Waals surface area contributed by atoms with Gasteiger partial charge in [0.15, 0.2) is 0 Å². The van der Waals surface area contributed by atoms with Gasteiger partial charge < -0.3 is 15.1 Å². The number of carbonyl (C=O) groups excluding carboxylic acids is 1. The predicted molar refractivity (Wildman–Crippen MR) is 82.3 cm³/mol. The molecule has 3 rings (SSSR count). The summed E-state index contributed by atoms with van der Waals surface area (Å²) in [6, 6.07) is 7.40. The van der Waals surface area contributed by atoms with E-state index in [1.54, 1.807) is 24.7 Å². The van der Waals surface area contributed by atoms with Gasteiger partial charge in [-0.25, -0.2) is 14.8 Å². The number of anilines is 1. The molecule has 0 aliphatic carbocycles. The largest absolute Gasteiger partial charge is 0.337 e. The van der Waals surface area contributed by atoms with E-state index in [4.69, 9.17) is 0 Å². The third kappa shape index (κ3) is 3.49. The summed E-state index contributed by atoms with van der Waals surface area (Å²) in [5.41, 5.74) is 0.854. The monoisotopic (exact) mass is 298 g/mol. The molecule has 0 saturated carbocycles. The van der Waals surface area contributed by atoms with Gasteiger partial charge in [0.25, 0.3) is 0 Å². The number of carbonyl (C=O) groups is 1. The molecule has 2 amide bonds. The quantitative estimate of drug-likeness (QED) is 0.911. The first-order valence-corrected chi connectivity index (χ1v) is 7.27. The fourth-order valence-corrected chi connectivity index (χ4v) is 2.34. The van der Waals surface area contributed by atoms with Gasteiger partial charge in [-0.2, -0.15) is 0 Å². The topological polar surface area (TPSA) is 74.2 Å². The molecule has 1 aliphatic heterocycles. The highest BCUT2D eigenvalue weighted by atomic mass is 16.2. The number of urea groups is 1. The second kappa shape index (κ2) is 6.84. The minimum absolute atomic E-state index is 0.0562. The van der Waals surface area contributed by atoms with E-state index >= 15 is 0 Å². The van der Waals surface area contributed by atoms with Crippen LogP contribution in [-0.2, 0) is 6.54 Å². The molecule has 2 aromatic rings. The van der Waals surface area contributed by atoms with E-state index in [9.17, 15) is 4.79 Å². The Morgan fingerprint density at radius 3 is 2.41 bits per heavy atom. The van der Waals surface area contributed by atoms with Crippen LogP contribution in [-0.4, -0.2) is 52.1 Å². The normalized spacial score (nSPS) is 14.7. The first-order valence-electron chi connectivity index (χ1n) is 7.27. The van der Waals surface area contributed by atoms with E-state index < -0.39 is 0 Å². The zero-order chi connectivity index (χ0) is 15.2. The number of amides is 2. The predicted octanol–water partition coefficient (Wildman–Crippen LogP) is 0.903. The van der Waals surface area contributed by atoms with Gasteiger partial charge in [-0.3, -0.25) is 4.98 Å². The van der Waals surface area contributed by atoms with E-state index in [-0.39, 0.29) is 6.03 Å². The van der Waals surface area contributed by atoms with Gasteiger partial charge in [-0.05, 0) is 18.2 Å². The van der Waals surface area contributed by atoms with E-state index in [0.29, 0.717) is 19.6 Å². The van der Waals surface area contributed by atoms with Crippen LogP contribution in [0.2, 0.25) is 0 Å². The fraction of sp³-hybridized carbons (Fsp3) is 0.333. The maximum atomic E-state index is 12.2. The van der Waals surface area contributed by atoms with Crippen LogP contribution in [0.25, 0.3) is 0 Å². The molecule has 22 heavy (non-hydrogen) atoms. The van der Waals surface area contributed by atoms with Gasteiger partial charge in [0.2, 0.25) is 5.95 Å². The number of aromatic nitrogens is 3. The van der Waals surface area contributed by atoms with Crippen molar-refractivity contribution in [1.29, 1.82) is 0 Å². The molecule has 1 saturated heterocycles.